The van der Waals surface area contributed by atoms with Crippen LogP contribution in [0.1, 0.15) is 11.1 Å². The molecule has 0 spiro atoms. The number of amides is 2. The minimum Gasteiger partial charge on any atom is -0.367 e. The highest BCUT2D eigenvalue weighted by molar-refractivity contribution is 7.07. The van der Waals surface area contributed by atoms with Gasteiger partial charge in [-0.3, -0.25) is 0 Å². The van der Waals surface area contributed by atoms with Crippen molar-refractivity contribution < 1.29 is 4.79 Å². The number of rotatable bonds is 3. The van der Waals surface area contributed by atoms with Crippen molar-refractivity contribution in [2.24, 2.45) is 0 Å². The Labute approximate surface area is 139 Å². The Balaban J connectivity index is 1.54. The molecule has 0 radical (unpaired) electrons. The van der Waals surface area contributed by atoms with Gasteiger partial charge >= 0.3 is 6.03 Å². The van der Waals surface area contributed by atoms with Crippen LogP contribution in [0, 0.1) is 11.3 Å². The van der Waals surface area contributed by atoms with Crippen molar-refractivity contribution in [3.63, 3.8) is 0 Å². The summed E-state index contributed by atoms with van der Waals surface area (Å²) in [6.45, 7) is 3.37. The highest BCUT2D eigenvalue weighted by Crippen LogP contribution is 2.21. The summed E-state index contributed by atoms with van der Waals surface area (Å²) in [5.74, 6) is 0. The fraction of sp³-hybridized carbons (Fsp3) is 0.294. The fourth-order valence-corrected chi connectivity index (χ4v) is 3.35. The standard InChI is InChI=1S/C17H18N4OS/c18-11-15-3-1-2-4-16(15)20-6-8-21(9-7-20)17(22)19-12-14-5-10-23-13-14/h1-5,10,13H,6-9,12H2,(H,19,22). The number of carbonyl (C=O) groups is 1. The first kappa shape index (κ1) is 15.4. The van der Waals surface area contributed by atoms with E-state index in [4.69, 9.17) is 0 Å². The molecule has 2 aromatic rings. The van der Waals surface area contributed by atoms with Gasteiger partial charge in [0.05, 0.1) is 11.3 Å². The number of piperazine rings is 1. The van der Waals surface area contributed by atoms with Gasteiger partial charge < -0.3 is 15.1 Å². The second-order valence-electron chi connectivity index (χ2n) is 5.39. The normalized spacial score (nSPS) is 14.4. The predicted octanol–water partition coefficient (Wildman–Crippen LogP) is 2.65. The first-order valence-electron chi connectivity index (χ1n) is 7.56. The molecule has 0 saturated carbocycles. The maximum atomic E-state index is 12.2. The van der Waals surface area contributed by atoms with E-state index in [1.165, 1.54) is 0 Å². The highest BCUT2D eigenvalue weighted by atomic mass is 32.1. The molecule has 0 aliphatic carbocycles. The molecule has 1 aromatic carbocycles. The summed E-state index contributed by atoms with van der Waals surface area (Å²) in [5.41, 5.74) is 2.76. The van der Waals surface area contributed by atoms with Gasteiger partial charge in [-0.25, -0.2) is 4.79 Å². The molecule has 0 bridgehead atoms. The van der Waals surface area contributed by atoms with Crippen LogP contribution < -0.4 is 10.2 Å². The van der Waals surface area contributed by atoms with Crippen LogP contribution in [0.15, 0.2) is 41.1 Å². The minimum atomic E-state index is -0.0237. The van der Waals surface area contributed by atoms with Gasteiger partial charge in [-0.2, -0.15) is 16.6 Å². The topological polar surface area (TPSA) is 59.4 Å². The lowest BCUT2D eigenvalue weighted by Crippen LogP contribution is -2.51. The van der Waals surface area contributed by atoms with Gasteiger partial charge in [-0.1, -0.05) is 12.1 Å². The van der Waals surface area contributed by atoms with Crippen molar-refractivity contribution in [1.82, 2.24) is 10.2 Å². The Morgan fingerprint density at radius 2 is 2.00 bits per heavy atom. The molecular weight excluding hydrogens is 308 g/mol. The average Bonchev–Trinajstić information content (AvgIpc) is 3.13. The van der Waals surface area contributed by atoms with E-state index >= 15 is 0 Å². The van der Waals surface area contributed by atoms with E-state index in [0.717, 1.165) is 24.3 Å². The number of hydrogen-bond acceptors (Lipinski definition) is 4. The van der Waals surface area contributed by atoms with Gasteiger partial charge in [0.1, 0.15) is 6.07 Å². The Hall–Kier alpha value is -2.52. The third kappa shape index (κ3) is 3.63. The summed E-state index contributed by atoms with van der Waals surface area (Å²) >= 11 is 1.63. The van der Waals surface area contributed by atoms with E-state index in [9.17, 15) is 10.1 Å². The number of anilines is 1. The number of hydrogen-bond donors (Lipinski definition) is 1. The second kappa shape index (κ2) is 7.16. The molecule has 1 N–H and O–H groups in total. The van der Waals surface area contributed by atoms with Gasteiger partial charge in [0.25, 0.3) is 0 Å². The molecule has 1 aliphatic rings. The number of carbonyl (C=O) groups excluding carboxylic acids is 1. The molecule has 6 heteroatoms. The van der Waals surface area contributed by atoms with Crippen molar-refractivity contribution in [2.75, 3.05) is 31.1 Å². The van der Waals surface area contributed by atoms with Gasteiger partial charge in [-0.05, 0) is 34.5 Å². The van der Waals surface area contributed by atoms with E-state index < -0.39 is 0 Å². The lowest BCUT2D eigenvalue weighted by atomic mass is 10.1. The molecule has 23 heavy (non-hydrogen) atoms. The zero-order valence-corrected chi connectivity index (χ0v) is 13.6. The predicted molar refractivity (Wildman–Crippen MR) is 91.5 cm³/mol. The van der Waals surface area contributed by atoms with Crippen LogP contribution in [0.5, 0.6) is 0 Å². The third-order valence-corrected chi connectivity index (χ3v) is 4.69. The molecule has 2 amide bonds. The monoisotopic (exact) mass is 326 g/mol. The average molecular weight is 326 g/mol. The lowest BCUT2D eigenvalue weighted by Gasteiger charge is -2.36. The summed E-state index contributed by atoms with van der Waals surface area (Å²) < 4.78 is 0. The van der Waals surface area contributed by atoms with Gasteiger partial charge in [-0.15, -0.1) is 0 Å². The molecule has 0 unspecified atom stereocenters. The molecule has 2 heterocycles. The molecule has 1 aliphatic heterocycles. The summed E-state index contributed by atoms with van der Waals surface area (Å²) in [6.07, 6.45) is 0. The number of benzene rings is 1. The SMILES string of the molecule is N#Cc1ccccc1N1CCN(C(=O)NCc2ccsc2)CC1. The summed E-state index contributed by atoms with van der Waals surface area (Å²) in [7, 11) is 0. The molecule has 1 aromatic heterocycles. The van der Waals surface area contributed by atoms with Crippen LogP contribution in [0.2, 0.25) is 0 Å². The van der Waals surface area contributed by atoms with E-state index in [2.05, 4.69) is 16.3 Å². The van der Waals surface area contributed by atoms with E-state index in [-0.39, 0.29) is 6.03 Å². The van der Waals surface area contributed by atoms with Crippen molar-refractivity contribution in [3.05, 3.63) is 52.2 Å². The second-order valence-corrected chi connectivity index (χ2v) is 6.17. The van der Waals surface area contributed by atoms with Crippen LogP contribution in [0.3, 0.4) is 0 Å². The van der Waals surface area contributed by atoms with Crippen LogP contribution in [-0.4, -0.2) is 37.1 Å². The smallest absolute Gasteiger partial charge is 0.317 e. The van der Waals surface area contributed by atoms with Crippen LogP contribution in [0.25, 0.3) is 0 Å². The molecule has 118 valence electrons. The first-order chi connectivity index (χ1) is 11.3. The van der Waals surface area contributed by atoms with Crippen molar-refractivity contribution in [3.8, 4) is 6.07 Å². The summed E-state index contributed by atoms with van der Waals surface area (Å²) in [4.78, 5) is 16.2. The number of urea groups is 1. The lowest BCUT2D eigenvalue weighted by molar-refractivity contribution is 0.194. The van der Waals surface area contributed by atoms with Crippen LogP contribution >= 0.6 is 11.3 Å². The number of thiophene rings is 1. The molecule has 0 atom stereocenters. The number of nitrogens with one attached hydrogen (secondary N) is 1. The van der Waals surface area contributed by atoms with Gasteiger partial charge in [0, 0.05) is 32.7 Å². The van der Waals surface area contributed by atoms with Crippen molar-refractivity contribution in [1.29, 1.82) is 5.26 Å². The highest BCUT2D eigenvalue weighted by Gasteiger charge is 2.22. The molecular formula is C17H18N4OS. The Morgan fingerprint density at radius 3 is 2.70 bits per heavy atom. The minimum absolute atomic E-state index is 0.0237. The van der Waals surface area contributed by atoms with Gasteiger partial charge in [0.15, 0.2) is 0 Å². The molecule has 3 rings (SSSR count). The molecule has 5 nitrogen and oxygen atoms in total. The fourth-order valence-electron chi connectivity index (χ4n) is 2.68. The Morgan fingerprint density at radius 1 is 1.22 bits per heavy atom. The van der Waals surface area contributed by atoms with Crippen LogP contribution in [0.4, 0.5) is 10.5 Å². The summed E-state index contributed by atoms with van der Waals surface area (Å²) in [6, 6.07) is 11.8. The third-order valence-electron chi connectivity index (χ3n) is 3.96. The number of para-hydroxylation sites is 1. The van der Waals surface area contributed by atoms with E-state index in [1.54, 1.807) is 11.3 Å². The van der Waals surface area contributed by atoms with Gasteiger partial charge in [0.2, 0.25) is 0 Å². The Kier molecular flexibility index (Phi) is 4.79. The van der Waals surface area contributed by atoms with E-state index in [0.29, 0.717) is 25.2 Å². The molecule has 1 saturated heterocycles. The maximum Gasteiger partial charge on any atom is 0.317 e. The van der Waals surface area contributed by atoms with Crippen molar-refractivity contribution >= 4 is 23.1 Å². The largest absolute Gasteiger partial charge is 0.367 e. The molecule has 1 fully saturated rings. The number of nitrogens with zero attached hydrogens (tertiary/aromatic N) is 3. The quantitative estimate of drug-likeness (QED) is 0.943. The Bertz CT molecular complexity index is 700. The first-order valence-corrected chi connectivity index (χ1v) is 8.50. The summed E-state index contributed by atoms with van der Waals surface area (Å²) in [5, 5.41) is 16.2. The van der Waals surface area contributed by atoms with Crippen LogP contribution in [-0.2, 0) is 6.54 Å². The number of nitriles is 1. The zero-order valence-electron chi connectivity index (χ0n) is 12.7. The zero-order chi connectivity index (χ0) is 16.1. The van der Waals surface area contributed by atoms with Crippen molar-refractivity contribution in [2.45, 2.75) is 6.54 Å². The maximum absolute atomic E-state index is 12.2. The van der Waals surface area contributed by atoms with E-state index in [1.807, 2.05) is 46.0 Å².